The van der Waals surface area contributed by atoms with Crippen molar-refractivity contribution in [1.29, 1.82) is 0 Å². The maximum atomic E-state index is 12.4. The van der Waals surface area contributed by atoms with Gasteiger partial charge in [-0.2, -0.15) is 0 Å². The number of thiazole rings is 1. The second-order valence-corrected chi connectivity index (χ2v) is 6.77. The monoisotopic (exact) mass is 392 g/mol. The van der Waals surface area contributed by atoms with E-state index >= 15 is 0 Å². The summed E-state index contributed by atoms with van der Waals surface area (Å²) < 4.78 is 2.26. The molecule has 0 saturated heterocycles. The van der Waals surface area contributed by atoms with Crippen LogP contribution in [0.5, 0.6) is 0 Å². The van der Waals surface area contributed by atoms with Crippen LogP contribution in [0.3, 0.4) is 0 Å². The van der Waals surface area contributed by atoms with E-state index in [4.69, 9.17) is 0 Å². The lowest BCUT2D eigenvalue weighted by Gasteiger charge is -2.06. The molecule has 6 nitrogen and oxygen atoms in total. The van der Waals surface area contributed by atoms with E-state index in [1.807, 2.05) is 18.4 Å². The van der Waals surface area contributed by atoms with E-state index < -0.39 is 0 Å². The molecule has 0 fully saturated rings. The van der Waals surface area contributed by atoms with Crippen molar-refractivity contribution in [3.8, 4) is 0 Å². The van der Waals surface area contributed by atoms with Gasteiger partial charge in [0.05, 0.1) is 22.9 Å². The molecule has 2 heterocycles. The first kappa shape index (κ1) is 15.8. The predicted molar refractivity (Wildman–Crippen MR) is 93.8 cm³/mol. The molecule has 0 spiro atoms. The number of anilines is 1. The summed E-state index contributed by atoms with van der Waals surface area (Å²) in [4.78, 5) is 32.8. The number of halogens is 1. The molecule has 0 radical (unpaired) electrons. The van der Waals surface area contributed by atoms with E-state index in [-0.39, 0.29) is 24.4 Å². The van der Waals surface area contributed by atoms with E-state index in [1.54, 1.807) is 12.1 Å². The number of benzene rings is 1. The van der Waals surface area contributed by atoms with E-state index in [1.165, 1.54) is 22.2 Å². The van der Waals surface area contributed by atoms with Crippen molar-refractivity contribution < 1.29 is 4.79 Å². The van der Waals surface area contributed by atoms with Gasteiger partial charge in [0.1, 0.15) is 0 Å². The van der Waals surface area contributed by atoms with Gasteiger partial charge in [-0.05, 0) is 25.1 Å². The van der Waals surface area contributed by atoms with Crippen LogP contribution in [0.2, 0.25) is 0 Å². The molecule has 0 atom stereocenters. The molecule has 3 rings (SSSR count). The van der Waals surface area contributed by atoms with Gasteiger partial charge in [0.15, 0.2) is 5.13 Å². The number of carbonyl (C=O) groups excluding carboxylic acids is 1. The van der Waals surface area contributed by atoms with Crippen LogP contribution in [0.4, 0.5) is 5.13 Å². The Labute approximate surface area is 144 Å². The highest BCUT2D eigenvalue weighted by molar-refractivity contribution is 9.10. The minimum absolute atomic E-state index is 0.158. The van der Waals surface area contributed by atoms with Gasteiger partial charge in [-0.3, -0.25) is 14.2 Å². The minimum Gasteiger partial charge on any atom is -0.302 e. The first-order valence-electron chi connectivity index (χ1n) is 6.89. The van der Waals surface area contributed by atoms with Crippen LogP contribution in [0.25, 0.3) is 10.9 Å². The molecule has 2 aromatic heterocycles. The molecular formula is C15H13BrN4O2S. The summed E-state index contributed by atoms with van der Waals surface area (Å²) in [5.74, 6) is -0.180. The number of nitrogens with zero attached hydrogens (tertiary/aromatic N) is 3. The van der Waals surface area contributed by atoms with Crippen LogP contribution in [0.15, 0.2) is 39.2 Å². The van der Waals surface area contributed by atoms with Gasteiger partial charge >= 0.3 is 0 Å². The maximum Gasteiger partial charge on any atom is 0.261 e. The van der Waals surface area contributed by atoms with E-state index in [0.29, 0.717) is 16.0 Å². The highest BCUT2D eigenvalue weighted by Gasteiger charge is 2.08. The van der Waals surface area contributed by atoms with Crippen LogP contribution < -0.4 is 10.9 Å². The molecule has 0 saturated carbocycles. The van der Waals surface area contributed by atoms with Crippen molar-refractivity contribution in [2.24, 2.45) is 0 Å². The second-order valence-electron chi connectivity index (χ2n) is 5.00. The van der Waals surface area contributed by atoms with Crippen LogP contribution in [-0.4, -0.2) is 20.4 Å². The summed E-state index contributed by atoms with van der Waals surface area (Å²) in [7, 11) is 0. The second kappa shape index (κ2) is 6.59. The number of amides is 1. The molecule has 1 amide bonds. The molecule has 0 bridgehead atoms. The van der Waals surface area contributed by atoms with Crippen molar-refractivity contribution in [2.45, 2.75) is 19.9 Å². The summed E-state index contributed by atoms with van der Waals surface area (Å²) in [6, 6.07) is 5.35. The zero-order chi connectivity index (χ0) is 16.4. The number of carbonyl (C=O) groups is 1. The third kappa shape index (κ3) is 3.65. The quantitative estimate of drug-likeness (QED) is 0.740. The molecule has 0 unspecified atom stereocenters. The Hall–Kier alpha value is -2.06. The van der Waals surface area contributed by atoms with Crippen molar-refractivity contribution in [3.63, 3.8) is 0 Å². The Morgan fingerprint density at radius 2 is 2.26 bits per heavy atom. The Morgan fingerprint density at radius 1 is 1.43 bits per heavy atom. The van der Waals surface area contributed by atoms with Gasteiger partial charge in [0.25, 0.3) is 5.56 Å². The van der Waals surface area contributed by atoms with Gasteiger partial charge < -0.3 is 5.32 Å². The Bertz CT molecular complexity index is 935. The number of rotatable bonds is 4. The smallest absolute Gasteiger partial charge is 0.261 e. The maximum absolute atomic E-state index is 12.4. The van der Waals surface area contributed by atoms with Gasteiger partial charge in [0, 0.05) is 22.8 Å². The third-order valence-electron chi connectivity index (χ3n) is 3.23. The van der Waals surface area contributed by atoms with Crippen molar-refractivity contribution in [2.75, 3.05) is 5.32 Å². The third-order valence-corrected chi connectivity index (χ3v) is 4.60. The average Bonchev–Trinajstić information content (AvgIpc) is 2.92. The van der Waals surface area contributed by atoms with Crippen LogP contribution in [0.1, 0.15) is 12.1 Å². The summed E-state index contributed by atoms with van der Waals surface area (Å²) in [6.07, 6.45) is 1.65. The summed E-state index contributed by atoms with van der Waals surface area (Å²) in [6.45, 7) is 2.13. The summed E-state index contributed by atoms with van der Waals surface area (Å²) in [5.41, 5.74) is 1.34. The first-order chi connectivity index (χ1) is 11.0. The molecule has 23 heavy (non-hydrogen) atoms. The number of hydrogen-bond donors (Lipinski definition) is 1. The highest BCUT2D eigenvalue weighted by Crippen LogP contribution is 2.16. The zero-order valence-corrected chi connectivity index (χ0v) is 14.6. The highest BCUT2D eigenvalue weighted by atomic mass is 79.9. The zero-order valence-electron chi connectivity index (χ0n) is 12.2. The molecule has 0 aliphatic rings. The fourth-order valence-corrected chi connectivity index (χ4v) is 3.17. The molecule has 1 aromatic carbocycles. The molecule has 0 aliphatic carbocycles. The van der Waals surface area contributed by atoms with Crippen LogP contribution in [0, 0.1) is 6.92 Å². The molecule has 118 valence electrons. The largest absolute Gasteiger partial charge is 0.302 e. The van der Waals surface area contributed by atoms with Crippen molar-refractivity contribution >= 4 is 49.2 Å². The first-order valence-corrected chi connectivity index (χ1v) is 8.57. The summed E-state index contributed by atoms with van der Waals surface area (Å²) in [5, 5.41) is 5.69. The lowest BCUT2D eigenvalue weighted by Crippen LogP contribution is -2.23. The SMILES string of the molecule is Cc1csc(NC(=O)CCn2cnc3ccc(Br)cc3c2=O)n1. The standard InChI is InChI=1S/C15H13BrN4O2S/c1-9-7-23-15(18-9)19-13(21)4-5-20-8-17-12-3-2-10(16)6-11(12)14(20)22/h2-3,6-8H,4-5H2,1H3,(H,18,19,21). The lowest BCUT2D eigenvalue weighted by molar-refractivity contribution is -0.116. The van der Waals surface area contributed by atoms with Gasteiger partial charge in [0.2, 0.25) is 5.91 Å². The molecule has 8 heteroatoms. The number of nitrogens with one attached hydrogen (secondary N) is 1. The topological polar surface area (TPSA) is 76.9 Å². The van der Waals surface area contributed by atoms with Crippen molar-refractivity contribution in [3.05, 3.63) is 50.4 Å². The van der Waals surface area contributed by atoms with Crippen LogP contribution in [-0.2, 0) is 11.3 Å². The number of hydrogen-bond acceptors (Lipinski definition) is 5. The Kier molecular flexibility index (Phi) is 4.53. The van der Waals surface area contributed by atoms with Gasteiger partial charge in [-0.25, -0.2) is 9.97 Å². The van der Waals surface area contributed by atoms with E-state index in [2.05, 4.69) is 31.2 Å². The van der Waals surface area contributed by atoms with Crippen molar-refractivity contribution in [1.82, 2.24) is 14.5 Å². The number of aryl methyl sites for hydroxylation is 2. The molecular weight excluding hydrogens is 380 g/mol. The van der Waals surface area contributed by atoms with Gasteiger partial charge in [-0.15, -0.1) is 11.3 Å². The van der Waals surface area contributed by atoms with Crippen LogP contribution >= 0.6 is 27.3 Å². The minimum atomic E-state index is -0.180. The van der Waals surface area contributed by atoms with E-state index in [9.17, 15) is 9.59 Å². The number of fused-ring (bicyclic) bond motifs is 1. The lowest BCUT2D eigenvalue weighted by atomic mass is 10.2. The van der Waals surface area contributed by atoms with E-state index in [0.717, 1.165) is 10.2 Å². The molecule has 3 aromatic rings. The normalized spacial score (nSPS) is 10.9. The summed E-state index contributed by atoms with van der Waals surface area (Å²) >= 11 is 4.72. The molecule has 1 N–H and O–H groups in total. The predicted octanol–water partition coefficient (Wildman–Crippen LogP) is 2.95. The fourth-order valence-electron chi connectivity index (χ4n) is 2.11. The average molecular weight is 393 g/mol. The Morgan fingerprint density at radius 3 is 3.00 bits per heavy atom. The fraction of sp³-hybridized carbons (Fsp3) is 0.200. The Balaban J connectivity index is 1.73. The van der Waals surface area contributed by atoms with Gasteiger partial charge in [-0.1, -0.05) is 15.9 Å². The molecule has 0 aliphatic heterocycles. The number of aromatic nitrogens is 3.